The third kappa shape index (κ3) is 4.22. The summed E-state index contributed by atoms with van der Waals surface area (Å²) in [6, 6.07) is 7.38. The molecular formula is C17H23N3O3. The Labute approximate surface area is 136 Å². The number of benzene rings is 1. The SMILES string of the molecule is C[C@H]1CNCCN1C(=O)COc1cccc(NC(=O)C2CC2)c1. The lowest BCUT2D eigenvalue weighted by atomic mass is 10.2. The second kappa shape index (κ2) is 7.00. The molecule has 1 aromatic carbocycles. The Morgan fingerprint density at radius 3 is 2.96 bits per heavy atom. The Morgan fingerprint density at radius 1 is 1.39 bits per heavy atom. The number of carbonyl (C=O) groups excluding carboxylic acids is 2. The van der Waals surface area contributed by atoms with Crippen LogP contribution in [0.4, 0.5) is 5.69 Å². The zero-order valence-electron chi connectivity index (χ0n) is 13.4. The van der Waals surface area contributed by atoms with E-state index in [0.29, 0.717) is 18.0 Å². The van der Waals surface area contributed by atoms with E-state index in [4.69, 9.17) is 4.74 Å². The van der Waals surface area contributed by atoms with Crippen molar-refractivity contribution >= 4 is 17.5 Å². The smallest absolute Gasteiger partial charge is 0.260 e. The molecule has 6 heteroatoms. The largest absolute Gasteiger partial charge is 0.484 e. The van der Waals surface area contributed by atoms with Gasteiger partial charge in [0.1, 0.15) is 5.75 Å². The van der Waals surface area contributed by atoms with Gasteiger partial charge < -0.3 is 20.3 Å². The van der Waals surface area contributed by atoms with E-state index >= 15 is 0 Å². The molecule has 23 heavy (non-hydrogen) atoms. The molecule has 1 atom stereocenters. The van der Waals surface area contributed by atoms with Crippen LogP contribution in [-0.2, 0) is 9.59 Å². The topological polar surface area (TPSA) is 70.7 Å². The van der Waals surface area contributed by atoms with Crippen molar-refractivity contribution in [1.29, 1.82) is 0 Å². The zero-order chi connectivity index (χ0) is 16.2. The standard InChI is InChI=1S/C17H23N3O3/c1-12-10-18-7-8-20(12)16(21)11-23-15-4-2-3-14(9-15)19-17(22)13-5-6-13/h2-4,9,12-13,18H,5-8,10-11H2,1H3,(H,19,22)/t12-/m0/s1. The fourth-order valence-corrected chi connectivity index (χ4v) is 2.69. The second-order valence-electron chi connectivity index (χ2n) is 6.22. The highest BCUT2D eigenvalue weighted by Gasteiger charge is 2.29. The monoisotopic (exact) mass is 317 g/mol. The molecule has 1 heterocycles. The molecule has 2 amide bonds. The summed E-state index contributed by atoms with van der Waals surface area (Å²) in [5.41, 5.74) is 0.711. The highest BCUT2D eigenvalue weighted by Crippen LogP contribution is 2.30. The molecule has 3 rings (SSSR count). The normalized spacial score (nSPS) is 20.9. The first-order chi connectivity index (χ1) is 11.1. The summed E-state index contributed by atoms with van der Waals surface area (Å²) in [7, 11) is 0. The van der Waals surface area contributed by atoms with Gasteiger partial charge in [0, 0.05) is 43.3 Å². The van der Waals surface area contributed by atoms with E-state index < -0.39 is 0 Å². The molecule has 1 aromatic rings. The molecular weight excluding hydrogens is 294 g/mol. The Kier molecular flexibility index (Phi) is 4.81. The predicted molar refractivity (Wildman–Crippen MR) is 87.3 cm³/mol. The van der Waals surface area contributed by atoms with Crippen LogP contribution in [0.2, 0.25) is 0 Å². The van der Waals surface area contributed by atoms with Crippen LogP contribution < -0.4 is 15.4 Å². The summed E-state index contributed by atoms with van der Waals surface area (Å²) in [5.74, 6) is 0.810. The lowest BCUT2D eigenvalue weighted by Crippen LogP contribution is -2.53. The van der Waals surface area contributed by atoms with Crippen molar-refractivity contribution in [2.75, 3.05) is 31.6 Å². The maximum atomic E-state index is 12.2. The summed E-state index contributed by atoms with van der Waals surface area (Å²) in [6.45, 7) is 4.39. The molecule has 0 spiro atoms. The summed E-state index contributed by atoms with van der Waals surface area (Å²) in [4.78, 5) is 25.9. The van der Waals surface area contributed by atoms with Crippen molar-refractivity contribution in [1.82, 2.24) is 10.2 Å². The fraction of sp³-hybridized carbons (Fsp3) is 0.529. The van der Waals surface area contributed by atoms with Crippen molar-refractivity contribution in [3.8, 4) is 5.75 Å². The summed E-state index contributed by atoms with van der Waals surface area (Å²) in [5, 5.41) is 6.14. The molecule has 0 unspecified atom stereocenters. The van der Waals surface area contributed by atoms with Crippen LogP contribution in [0.1, 0.15) is 19.8 Å². The van der Waals surface area contributed by atoms with E-state index in [0.717, 1.165) is 25.9 Å². The summed E-state index contributed by atoms with van der Waals surface area (Å²) in [6.07, 6.45) is 1.94. The average Bonchev–Trinajstić information content (AvgIpc) is 3.38. The van der Waals surface area contributed by atoms with Gasteiger partial charge in [0.2, 0.25) is 5.91 Å². The molecule has 2 aliphatic rings. The van der Waals surface area contributed by atoms with Gasteiger partial charge in [-0.2, -0.15) is 0 Å². The minimum Gasteiger partial charge on any atom is -0.484 e. The third-order valence-electron chi connectivity index (χ3n) is 4.23. The van der Waals surface area contributed by atoms with Crippen molar-refractivity contribution < 1.29 is 14.3 Å². The maximum Gasteiger partial charge on any atom is 0.260 e. The minimum atomic E-state index is -0.00795. The van der Waals surface area contributed by atoms with Gasteiger partial charge in [-0.15, -0.1) is 0 Å². The molecule has 0 radical (unpaired) electrons. The van der Waals surface area contributed by atoms with Gasteiger partial charge in [0.05, 0.1) is 0 Å². The van der Waals surface area contributed by atoms with Crippen LogP contribution in [0, 0.1) is 5.92 Å². The number of piperazine rings is 1. The average molecular weight is 317 g/mol. The van der Waals surface area contributed by atoms with Gasteiger partial charge >= 0.3 is 0 Å². The lowest BCUT2D eigenvalue weighted by molar-refractivity contribution is -0.136. The van der Waals surface area contributed by atoms with E-state index in [1.54, 1.807) is 12.1 Å². The number of nitrogens with zero attached hydrogens (tertiary/aromatic N) is 1. The third-order valence-corrected chi connectivity index (χ3v) is 4.23. The number of amides is 2. The van der Waals surface area contributed by atoms with E-state index in [2.05, 4.69) is 10.6 Å². The molecule has 2 fully saturated rings. The summed E-state index contributed by atoms with van der Waals surface area (Å²) < 4.78 is 5.60. The predicted octanol–water partition coefficient (Wildman–Crippen LogP) is 1.23. The first-order valence-electron chi connectivity index (χ1n) is 8.17. The molecule has 1 aliphatic carbocycles. The van der Waals surface area contributed by atoms with Crippen LogP contribution in [0.3, 0.4) is 0 Å². The Bertz CT molecular complexity index is 586. The molecule has 1 aliphatic heterocycles. The van der Waals surface area contributed by atoms with E-state index in [9.17, 15) is 9.59 Å². The lowest BCUT2D eigenvalue weighted by Gasteiger charge is -2.33. The highest BCUT2D eigenvalue weighted by atomic mass is 16.5. The van der Waals surface area contributed by atoms with Crippen LogP contribution >= 0.6 is 0 Å². The van der Waals surface area contributed by atoms with E-state index in [1.807, 2.05) is 24.0 Å². The number of ether oxygens (including phenoxy) is 1. The Morgan fingerprint density at radius 2 is 2.22 bits per heavy atom. The number of nitrogens with one attached hydrogen (secondary N) is 2. The molecule has 0 aromatic heterocycles. The quantitative estimate of drug-likeness (QED) is 0.857. The molecule has 1 saturated heterocycles. The van der Waals surface area contributed by atoms with Crippen molar-refractivity contribution in [3.63, 3.8) is 0 Å². The van der Waals surface area contributed by atoms with Gasteiger partial charge in [0.15, 0.2) is 6.61 Å². The highest BCUT2D eigenvalue weighted by molar-refractivity contribution is 5.94. The molecule has 6 nitrogen and oxygen atoms in total. The summed E-state index contributed by atoms with van der Waals surface area (Å²) >= 11 is 0. The second-order valence-corrected chi connectivity index (χ2v) is 6.22. The Hall–Kier alpha value is -2.08. The van der Waals surface area contributed by atoms with Crippen LogP contribution in [0.25, 0.3) is 0 Å². The minimum absolute atomic E-state index is 0.00795. The van der Waals surface area contributed by atoms with Gasteiger partial charge in [-0.25, -0.2) is 0 Å². The zero-order valence-corrected chi connectivity index (χ0v) is 13.4. The number of hydrogen-bond acceptors (Lipinski definition) is 4. The first-order valence-corrected chi connectivity index (χ1v) is 8.17. The van der Waals surface area contributed by atoms with Gasteiger partial charge in [-0.05, 0) is 31.9 Å². The number of carbonyl (C=O) groups is 2. The van der Waals surface area contributed by atoms with Crippen molar-refractivity contribution in [3.05, 3.63) is 24.3 Å². The molecule has 124 valence electrons. The van der Waals surface area contributed by atoms with Crippen molar-refractivity contribution in [2.24, 2.45) is 5.92 Å². The number of rotatable bonds is 5. The van der Waals surface area contributed by atoms with E-state index in [-0.39, 0.29) is 30.4 Å². The fourth-order valence-electron chi connectivity index (χ4n) is 2.69. The van der Waals surface area contributed by atoms with E-state index in [1.165, 1.54) is 0 Å². The molecule has 0 bridgehead atoms. The van der Waals surface area contributed by atoms with Crippen molar-refractivity contribution in [2.45, 2.75) is 25.8 Å². The Balaban J connectivity index is 1.53. The van der Waals surface area contributed by atoms with Gasteiger partial charge in [0.25, 0.3) is 5.91 Å². The van der Waals surface area contributed by atoms with Gasteiger partial charge in [-0.1, -0.05) is 6.07 Å². The number of anilines is 1. The number of hydrogen-bond donors (Lipinski definition) is 2. The molecule has 1 saturated carbocycles. The van der Waals surface area contributed by atoms with Crippen LogP contribution in [-0.4, -0.2) is 49.0 Å². The first kappa shape index (κ1) is 15.8. The van der Waals surface area contributed by atoms with Gasteiger partial charge in [-0.3, -0.25) is 9.59 Å². The van der Waals surface area contributed by atoms with Crippen LogP contribution in [0.15, 0.2) is 24.3 Å². The van der Waals surface area contributed by atoms with Crippen LogP contribution in [0.5, 0.6) is 5.75 Å². The molecule has 2 N–H and O–H groups in total. The maximum absolute atomic E-state index is 12.2.